The van der Waals surface area contributed by atoms with Gasteiger partial charge in [0.25, 0.3) is 15.9 Å². The molecule has 9 nitrogen and oxygen atoms in total. The summed E-state index contributed by atoms with van der Waals surface area (Å²) in [6.45, 7) is 4.10. The van der Waals surface area contributed by atoms with Gasteiger partial charge in [-0.15, -0.1) is 0 Å². The molecule has 3 rings (SSSR count). The minimum Gasteiger partial charge on any atom is -0.384 e. The van der Waals surface area contributed by atoms with Crippen LogP contribution < -0.4 is 10.0 Å². The number of hydrogen-bond acceptors (Lipinski definition) is 7. The number of halogens is 1. The van der Waals surface area contributed by atoms with Gasteiger partial charge in [0.1, 0.15) is 6.10 Å². The molecule has 12 heteroatoms. The maximum atomic E-state index is 13.1. The van der Waals surface area contributed by atoms with Crippen molar-refractivity contribution in [3.05, 3.63) is 88.9 Å². The molecule has 0 aromatic heterocycles. The average molecular weight is 674 g/mol. The first-order valence-corrected chi connectivity index (χ1v) is 17.3. The maximum Gasteiger partial charge on any atom is 0.264 e. The van der Waals surface area contributed by atoms with Crippen LogP contribution in [0.5, 0.6) is 0 Å². The van der Waals surface area contributed by atoms with Gasteiger partial charge in [-0.05, 0) is 54.7 Å². The Kier molecular flexibility index (Phi) is 13.9. The molecule has 0 unspecified atom stereocenters. The second kappa shape index (κ2) is 17.4. The molecule has 3 aromatic rings. The monoisotopic (exact) mass is 673 g/mol. The third-order valence-corrected chi connectivity index (χ3v) is 9.25. The van der Waals surface area contributed by atoms with E-state index >= 15 is 0 Å². The van der Waals surface area contributed by atoms with Crippen LogP contribution in [-0.4, -0.2) is 61.1 Å². The highest BCUT2D eigenvalue weighted by molar-refractivity contribution is 7.90. The summed E-state index contributed by atoms with van der Waals surface area (Å²) in [5.41, 5.74) is 2.75. The fraction of sp³-hybridized carbons (Fsp3) is 0.364. The van der Waals surface area contributed by atoms with Crippen LogP contribution in [0.15, 0.2) is 77.7 Å². The molecular formula is C33H40ClN3O6S2. The number of hydrogen-bond donors (Lipinski definition) is 4. The van der Waals surface area contributed by atoms with Crippen LogP contribution in [0.25, 0.3) is 11.1 Å². The summed E-state index contributed by atoms with van der Waals surface area (Å²) in [6, 6.07) is 20.8. The van der Waals surface area contributed by atoms with E-state index in [1.54, 1.807) is 41.3 Å². The Balaban J connectivity index is 1.71. The summed E-state index contributed by atoms with van der Waals surface area (Å²) in [6.07, 6.45) is 1.02. The summed E-state index contributed by atoms with van der Waals surface area (Å²) in [5.74, 6) is -1.18. The van der Waals surface area contributed by atoms with Crippen molar-refractivity contribution in [3.8, 4) is 11.1 Å². The smallest absolute Gasteiger partial charge is 0.264 e. The number of rotatable bonds is 16. The zero-order valence-electron chi connectivity index (χ0n) is 25.4. The number of carbonyl (C=O) groups excluding carboxylic acids is 3. The molecule has 45 heavy (non-hydrogen) atoms. The van der Waals surface area contributed by atoms with Crippen molar-refractivity contribution in [2.75, 3.05) is 18.8 Å². The number of aliphatic hydroxyl groups is 1. The number of carbonyl (C=O) groups is 3. The Morgan fingerprint density at radius 2 is 1.69 bits per heavy atom. The van der Waals surface area contributed by atoms with E-state index < -0.39 is 22.0 Å². The number of amides is 3. The Bertz CT molecular complexity index is 1560. The molecule has 0 heterocycles. The zero-order chi connectivity index (χ0) is 33.0. The molecule has 0 bridgehead atoms. The van der Waals surface area contributed by atoms with Crippen LogP contribution in [0.3, 0.4) is 0 Å². The van der Waals surface area contributed by atoms with E-state index in [1.807, 2.05) is 42.0 Å². The van der Waals surface area contributed by atoms with E-state index in [4.69, 9.17) is 11.6 Å². The molecule has 0 spiro atoms. The van der Waals surface area contributed by atoms with Gasteiger partial charge in [0.15, 0.2) is 0 Å². The Hall–Kier alpha value is -3.38. The van der Waals surface area contributed by atoms with Crippen molar-refractivity contribution in [2.24, 2.45) is 5.92 Å². The molecule has 0 aliphatic carbocycles. The van der Waals surface area contributed by atoms with Crippen LogP contribution >= 0.6 is 24.2 Å². The molecule has 3 amide bonds. The summed E-state index contributed by atoms with van der Waals surface area (Å²) in [4.78, 5) is 39.5. The van der Waals surface area contributed by atoms with Crippen LogP contribution in [0.1, 0.15) is 44.2 Å². The first-order chi connectivity index (χ1) is 21.4. The summed E-state index contributed by atoms with van der Waals surface area (Å²) in [7, 11) is -4.24. The third-order valence-electron chi connectivity index (χ3n) is 7.17. The first-order valence-electron chi connectivity index (χ1n) is 14.8. The van der Waals surface area contributed by atoms with Gasteiger partial charge in [0.2, 0.25) is 11.8 Å². The van der Waals surface area contributed by atoms with Crippen LogP contribution in [-0.2, 0) is 37.4 Å². The topological polar surface area (TPSA) is 133 Å². The van der Waals surface area contributed by atoms with Gasteiger partial charge in [-0.3, -0.25) is 14.4 Å². The van der Waals surface area contributed by atoms with Crippen molar-refractivity contribution in [2.45, 2.75) is 57.1 Å². The average Bonchev–Trinajstić information content (AvgIpc) is 3.02. The molecule has 3 N–H and O–H groups in total. The Labute approximate surface area is 275 Å². The van der Waals surface area contributed by atoms with E-state index in [1.165, 1.54) is 13.0 Å². The van der Waals surface area contributed by atoms with Crippen LogP contribution in [0, 0.1) is 5.92 Å². The molecular weight excluding hydrogens is 634 g/mol. The molecule has 0 saturated carbocycles. The SMILES string of the molecule is CCCCC(=O)N(CCNC(=O)[C@@H](CS)Cc1cccc(Cl)c1)Cc1ccc(-c2ccccc2S(=O)(=O)NC(=O)[C@H](C)O)cc1. The zero-order valence-corrected chi connectivity index (χ0v) is 27.9. The van der Waals surface area contributed by atoms with Gasteiger partial charge in [0.05, 0.1) is 10.8 Å². The lowest BCUT2D eigenvalue weighted by Gasteiger charge is -2.24. The van der Waals surface area contributed by atoms with Crippen molar-refractivity contribution in [3.63, 3.8) is 0 Å². The Morgan fingerprint density at radius 1 is 0.978 bits per heavy atom. The molecule has 0 fully saturated rings. The second-order valence-corrected chi connectivity index (χ2v) is 13.2. The standard InChI is InChI=1S/C33H40ClN3O6S2/c1-3-4-12-31(39)37(18-17-35-33(41)27(22-44)19-25-8-7-9-28(34)20-25)21-24-13-15-26(16-14-24)29-10-5-6-11-30(29)45(42,43)36-32(40)23(2)38/h5-11,13-16,20,23,27,38,44H,3-4,12,17-19,21-22H2,1-2H3,(H,35,41)(H,36,40)/t23-,27+/m0/s1. The van der Waals surface area contributed by atoms with Crippen LogP contribution in [0.4, 0.5) is 0 Å². The number of nitrogens with zero attached hydrogens (tertiary/aromatic N) is 1. The van der Waals surface area contributed by atoms with E-state index in [2.05, 4.69) is 17.9 Å². The fourth-order valence-corrected chi connectivity index (χ4v) is 6.43. The van der Waals surface area contributed by atoms with E-state index in [9.17, 15) is 27.9 Å². The van der Waals surface area contributed by atoms with Gasteiger partial charge < -0.3 is 15.3 Å². The predicted octanol–water partition coefficient (Wildman–Crippen LogP) is 4.62. The molecule has 0 aliphatic heterocycles. The highest BCUT2D eigenvalue weighted by Crippen LogP contribution is 2.28. The normalized spacial score (nSPS) is 12.6. The quantitative estimate of drug-likeness (QED) is 0.164. The number of sulfonamides is 1. The number of aliphatic hydroxyl groups excluding tert-OH is 1. The van der Waals surface area contributed by atoms with Gasteiger partial charge in [0, 0.05) is 42.4 Å². The number of unbranched alkanes of at least 4 members (excludes halogenated alkanes) is 1. The van der Waals surface area contributed by atoms with Gasteiger partial charge in [-0.2, -0.15) is 12.6 Å². The predicted molar refractivity (Wildman–Crippen MR) is 179 cm³/mol. The molecule has 2 atom stereocenters. The lowest BCUT2D eigenvalue weighted by molar-refractivity contribution is -0.132. The lowest BCUT2D eigenvalue weighted by Crippen LogP contribution is -2.40. The van der Waals surface area contributed by atoms with Gasteiger partial charge in [-0.25, -0.2) is 13.1 Å². The van der Waals surface area contributed by atoms with Crippen molar-refractivity contribution in [1.82, 2.24) is 14.9 Å². The number of thiol groups is 1. The fourth-order valence-electron chi connectivity index (χ4n) is 4.65. The molecule has 242 valence electrons. The molecule has 3 aromatic carbocycles. The van der Waals surface area contributed by atoms with E-state index in [-0.39, 0.29) is 29.2 Å². The number of benzene rings is 3. The summed E-state index contributed by atoms with van der Waals surface area (Å²) in [5, 5.41) is 13.0. The van der Waals surface area contributed by atoms with Crippen molar-refractivity contribution >= 4 is 52.0 Å². The maximum absolute atomic E-state index is 13.1. The highest BCUT2D eigenvalue weighted by atomic mass is 35.5. The minimum absolute atomic E-state index is 0.0230. The van der Waals surface area contributed by atoms with Gasteiger partial charge in [-0.1, -0.05) is 79.5 Å². The number of nitrogens with one attached hydrogen (secondary N) is 2. The van der Waals surface area contributed by atoms with Crippen molar-refractivity contribution in [1.29, 1.82) is 0 Å². The molecule has 0 radical (unpaired) electrons. The Morgan fingerprint density at radius 3 is 2.33 bits per heavy atom. The molecule has 0 saturated heterocycles. The second-order valence-electron chi connectivity index (χ2n) is 10.8. The first kappa shape index (κ1) is 36.1. The van der Waals surface area contributed by atoms with E-state index in [0.29, 0.717) is 47.8 Å². The molecule has 0 aliphatic rings. The van der Waals surface area contributed by atoms with Crippen molar-refractivity contribution < 1.29 is 27.9 Å². The van der Waals surface area contributed by atoms with E-state index in [0.717, 1.165) is 24.0 Å². The highest BCUT2D eigenvalue weighted by Gasteiger charge is 2.24. The summed E-state index contributed by atoms with van der Waals surface area (Å²) < 4.78 is 27.7. The minimum atomic E-state index is -4.24. The third kappa shape index (κ3) is 10.9. The lowest BCUT2D eigenvalue weighted by atomic mass is 10.0. The summed E-state index contributed by atoms with van der Waals surface area (Å²) >= 11 is 10.5. The van der Waals surface area contributed by atoms with Crippen LogP contribution in [0.2, 0.25) is 5.02 Å². The largest absolute Gasteiger partial charge is 0.384 e. The van der Waals surface area contributed by atoms with Gasteiger partial charge >= 0.3 is 0 Å².